The van der Waals surface area contributed by atoms with Crippen LogP contribution in [0.15, 0.2) is 30.3 Å². The zero-order valence-electron chi connectivity index (χ0n) is 10.7. The number of unbranched alkanes of at least 4 members (excludes halogenated alkanes) is 3. The van der Waals surface area contributed by atoms with E-state index in [1.54, 1.807) is 0 Å². The predicted molar refractivity (Wildman–Crippen MR) is 70.6 cm³/mol. The van der Waals surface area contributed by atoms with E-state index in [1.807, 2.05) is 18.2 Å². The summed E-state index contributed by atoms with van der Waals surface area (Å²) in [4.78, 5) is 0. The molecule has 17 heavy (non-hydrogen) atoms. The van der Waals surface area contributed by atoms with Crippen molar-refractivity contribution >= 4 is 0 Å². The van der Waals surface area contributed by atoms with E-state index >= 15 is 0 Å². The number of hydrogen-bond acceptors (Lipinski definition) is 1. The highest BCUT2D eigenvalue weighted by Crippen LogP contribution is 2.56. The summed E-state index contributed by atoms with van der Waals surface area (Å²) in [5, 5.41) is 9.43. The van der Waals surface area contributed by atoms with E-state index < -0.39 is 0 Å². The Hall–Kier alpha value is -1.29. The largest absolute Gasteiger partial charge is 0.197 e. The van der Waals surface area contributed by atoms with Crippen molar-refractivity contribution in [2.45, 2.75) is 50.9 Å². The molecule has 1 nitrogen and oxygen atoms in total. The normalized spacial score (nSPS) is 26.5. The molecule has 1 aliphatic rings. The molecule has 1 saturated carbocycles. The van der Waals surface area contributed by atoms with Gasteiger partial charge in [0.05, 0.1) is 11.5 Å². The summed E-state index contributed by atoms with van der Waals surface area (Å²) in [6.45, 7) is 2.24. The van der Waals surface area contributed by atoms with Gasteiger partial charge in [-0.1, -0.05) is 62.9 Å². The summed E-state index contributed by atoms with van der Waals surface area (Å²) >= 11 is 0. The van der Waals surface area contributed by atoms with Gasteiger partial charge in [-0.05, 0) is 24.3 Å². The zero-order valence-corrected chi connectivity index (χ0v) is 10.7. The first-order chi connectivity index (χ1) is 8.33. The SMILES string of the molecule is CCCCCC[C@H]1C[C@@]1(C#N)c1ccccc1. The lowest BCUT2D eigenvalue weighted by atomic mass is 9.93. The molecular formula is C16H21N. The molecule has 0 aromatic heterocycles. The van der Waals surface area contributed by atoms with Crippen LogP contribution in [0, 0.1) is 17.2 Å². The second-order valence-corrected chi connectivity index (χ2v) is 5.20. The minimum Gasteiger partial charge on any atom is -0.197 e. The van der Waals surface area contributed by atoms with Gasteiger partial charge >= 0.3 is 0 Å². The highest BCUT2D eigenvalue weighted by molar-refractivity contribution is 5.41. The molecule has 0 aliphatic heterocycles. The topological polar surface area (TPSA) is 23.8 Å². The highest BCUT2D eigenvalue weighted by Gasteiger charge is 2.55. The van der Waals surface area contributed by atoms with Gasteiger partial charge in [-0.15, -0.1) is 0 Å². The molecule has 0 unspecified atom stereocenters. The molecule has 0 radical (unpaired) electrons. The van der Waals surface area contributed by atoms with Gasteiger partial charge in [0.25, 0.3) is 0 Å². The van der Waals surface area contributed by atoms with Crippen LogP contribution in [0.5, 0.6) is 0 Å². The summed E-state index contributed by atoms with van der Waals surface area (Å²) in [6.07, 6.45) is 7.52. The number of hydrogen-bond donors (Lipinski definition) is 0. The molecule has 0 N–H and O–H groups in total. The van der Waals surface area contributed by atoms with Crippen LogP contribution < -0.4 is 0 Å². The number of benzene rings is 1. The van der Waals surface area contributed by atoms with Crippen molar-refractivity contribution in [3.05, 3.63) is 35.9 Å². The van der Waals surface area contributed by atoms with Crippen molar-refractivity contribution < 1.29 is 0 Å². The van der Waals surface area contributed by atoms with Crippen molar-refractivity contribution in [3.63, 3.8) is 0 Å². The van der Waals surface area contributed by atoms with E-state index in [1.165, 1.54) is 37.7 Å². The Labute approximate surface area is 104 Å². The standard InChI is InChI=1S/C16H21N/c1-2-3-4-6-11-15-12-16(15,13-17)14-9-7-5-8-10-14/h5,7-10,15H,2-4,6,11-12H2,1H3/t15-,16+/m0/s1. The third kappa shape index (κ3) is 2.52. The molecule has 90 valence electrons. The lowest BCUT2D eigenvalue weighted by Gasteiger charge is -2.08. The minimum atomic E-state index is -0.145. The van der Waals surface area contributed by atoms with Crippen molar-refractivity contribution in [2.24, 2.45) is 5.92 Å². The van der Waals surface area contributed by atoms with Crippen molar-refractivity contribution in [3.8, 4) is 6.07 Å². The molecule has 0 spiro atoms. The molecule has 0 amide bonds. The molecule has 2 rings (SSSR count). The molecular weight excluding hydrogens is 206 g/mol. The van der Waals surface area contributed by atoms with Gasteiger partial charge < -0.3 is 0 Å². The van der Waals surface area contributed by atoms with Crippen LogP contribution in [-0.2, 0) is 5.41 Å². The van der Waals surface area contributed by atoms with Gasteiger partial charge in [0, 0.05) is 0 Å². The molecule has 1 aliphatic carbocycles. The molecule has 1 aromatic rings. The Bertz CT molecular complexity index is 390. The molecule has 2 atom stereocenters. The monoisotopic (exact) mass is 227 g/mol. The first-order valence-corrected chi connectivity index (χ1v) is 6.80. The second-order valence-electron chi connectivity index (χ2n) is 5.20. The Morgan fingerprint density at radius 1 is 1.24 bits per heavy atom. The van der Waals surface area contributed by atoms with Crippen molar-refractivity contribution in [1.82, 2.24) is 0 Å². The number of rotatable bonds is 6. The fraction of sp³-hybridized carbons (Fsp3) is 0.562. The Morgan fingerprint density at radius 2 is 2.00 bits per heavy atom. The highest BCUT2D eigenvalue weighted by atomic mass is 14.6. The Morgan fingerprint density at radius 3 is 2.65 bits per heavy atom. The van der Waals surface area contributed by atoms with Crippen molar-refractivity contribution in [2.75, 3.05) is 0 Å². The number of nitriles is 1. The van der Waals surface area contributed by atoms with Gasteiger partial charge in [-0.25, -0.2) is 0 Å². The van der Waals surface area contributed by atoms with Crippen LogP contribution in [0.1, 0.15) is 51.0 Å². The van der Waals surface area contributed by atoms with E-state index in [0.29, 0.717) is 5.92 Å². The molecule has 0 saturated heterocycles. The van der Waals surface area contributed by atoms with Gasteiger partial charge in [0.2, 0.25) is 0 Å². The third-order valence-electron chi connectivity index (χ3n) is 4.00. The van der Waals surface area contributed by atoms with Crippen molar-refractivity contribution in [1.29, 1.82) is 5.26 Å². The maximum Gasteiger partial charge on any atom is 0.0854 e. The minimum absolute atomic E-state index is 0.145. The first-order valence-electron chi connectivity index (χ1n) is 6.80. The van der Waals surface area contributed by atoms with Gasteiger partial charge in [-0.2, -0.15) is 5.26 Å². The molecule has 1 heteroatoms. The average Bonchev–Trinajstić information content (AvgIpc) is 3.11. The van der Waals surface area contributed by atoms with Crippen LogP contribution in [0.2, 0.25) is 0 Å². The fourth-order valence-electron chi connectivity index (χ4n) is 2.79. The van der Waals surface area contributed by atoms with E-state index in [0.717, 1.165) is 6.42 Å². The lowest BCUT2D eigenvalue weighted by Crippen LogP contribution is -2.06. The second kappa shape index (κ2) is 5.36. The van der Waals surface area contributed by atoms with Gasteiger partial charge in [0.1, 0.15) is 0 Å². The summed E-state index contributed by atoms with van der Waals surface area (Å²) in [6, 6.07) is 12.9. The summed E-state index contributed by atoms with van der Waals surface area (Å²) in [5.41, 5.74) is 1.08. The fourth-order valence-corrected chi connectivity index (χ4v) is 2.79. The summed E-state index contributed by atoms with van der Waals surface area (Å²) in [7, 11) is 0. The number of nitrogens with zero attached hydrogens (tertiary/aromatic N) is 1. The van der Waals surface area contributed by atoms with E-state index in [-0.39, 0.29) is 5.41 Å². The average molecular weight is 227 g/mol. The maximum atomic E-state index is 9.43. The zero-order chi connectivity index (χ0) is 12.1. The smallest absolute Gasteiger partial charge is 0.0854 e. The van der Waals surface area contributed by atoms with Gasteiger partial charge in [-0.3, -0.25) is 0 Å². The van der Waals surface area contributed by atoms with Crippen LogP contribution in [0.3, 0.4) is 0 Å². The first kappa shape index (κ1) is 12.2. The van der Waals surface area contributed by atoms with E-state index in [9.17, 15) is 5.26 Å². The molecule has 1 fully saturated rings. The molecule has 0 heterocycles. The Balaban J connectivity index is 1.91. The Kier molecular flexibility index (Phi) is 3.84. The van der Waals surface area contributed by atoms with Gasteiger partial charge in [0.15, 0.2) is 0 Å². The molecule has 0 bridgehead atoms. The summed E-state index contributed by atoms with van der Waals surface area (Å²) in [5.74, 6) is 0.603. The lowest BCUT2D eigenvalue weighted by molar-refractivity contribution is 0.571. The van der Waals surface area contributed by atoms with Crippen LogP contribution >= 0.6 is 0 Å². The summed E-state index contributed by atoms with van der Waals surface area (Å²) < 4.78 is 0. The molecule has 1 aromatic carbocycles. The maximum absolute atomic E-state index is 9.43. The third-order valence-corrected chi connectivity index (χ3v) is 4.00. The van der Waals surface area contributed by atoms with E-state index in [2.05, 4.69) is 25.1 Å². The van der Waals surface area contributed by atoms with Crippen LogP contribution in [-0.4, -0.2) is 0 Å². The van der Waals surface area contributed by atoms with E-state index in [4.69, 9.17) is 0 Å². The predicted octanol–water partition coefficient (Wildman–Crippen LogP) is 4.44. The quantitative estimate of drug-likeness (QED) is 0.659. The van der Waals surface area contributed by atoms with Crippen LogP contribution in [0.25, 0.3) is 0 Å². The van der Waals surface area contributed by atoms with Crippen LogP contribution in [0.4, 0.5) is 0 Å².